The first kappa shape index (κ1) is 16.6. The lowest BCUT2D eigenvalue weighted by molar-refractivity contribution is 0.0980. The third-order valence-corrected chi connectivity index (χ3v) is 4.60. The van der Waals surface area contributed by atoms with Crippen LogP contribution >= 0.6 is 0 Å². The Labute approximate surface area is 143 Å². The van der Waals surface area contributed by atoms with Crippen molar-refractivity contribution in [1.82, 2.24) is 0 Å². The van der Waals surface area contributed by atoms with Crippen LogP contribution < -0.4 is 4.74 Å². The smallest absolute Gasteiger partial charge is 0.434 e. The highest BCUT2D eigenvalue weighted by atomic mass is 16.7. The zero-order valence-corrected chi connectivity index (χ0v) is 13.9. The molecule has 0 aromatic heterocycles. The number of ether oxygens (including phenoxy) is 2. The fourth-order valence-corrected chi connectivity index (χ4v) is 3.43. The number of carbonyl (C=O) groups is 1. The van der Waals surface area contributed by atoms with E-state index in [-0.39, 0.29) is 0 Å². The molecule has 1 aliphatic rings. The summed E-state index contributed by atoms with van der Waals surface area (Å²) in [6.45, 7) is 0.380. The molecule has 0 N–H and O–H groups in total. The highest BCUT2D eigenvalue weighted by Crippen LogP contribution is 2.36. The molecule has 1 aliphatic carbocycles. The van der Waals surface area contributed by atoms with Crippen LogP contribution in [-0.4, -0.2) is 12.8 Å². The van der Waals surface area contributed by atoms with E-state index in [1.165, 1.54) is 36.8 Å². The molecule has 1 fully saturated rings. The van der Waals surface area contributed by atoms with Gasteiger partial charge in [0, 0.05) is 0 Å². The van der Waals surface area contributed by atoms with Gasteiger partial charge in [0.05, 0.1) is 6.61 Å². The van der Waals surface area contributed by atoms with Crippen LogP contribution in [0.25, 0.3) is 0 Å². The molecule has 0 atom stereocenters. The van der Waals surface area contributed by atoms with Gasteiger partial charge in [-0.2, -0.15) is 0 Å². The second kappa shape index (κ2) is 8.53. The second-order valence-electron chi connectivity index (χ2n) is 6.30. The molecule has 0 aliphatic heterocycles. The molecular weight excluding hydrogens is 300 g/mol. The Kier molecular flexibility index (Phi) is 5.89. The average Bonchev–Trinajstić information content (AvgIpc) is 3.14. The molecule has 0 unspecified atom stereocenters. The van der Waals surface area contributed by atoms with Gasteiger partial charge in [-0.05, 0) is 54.9 Å². The van der Waals surface area contributed by atoms with E-state index in [1.54, 1.807) is 12.1 Å². The van der Waals surface area contributed by atoms with Crippen molar-refractivity contribution < 1.29 is 14.3 Å². The van der Waals surface area contributed by atoms with Crippen LogP contribution in [0.4, 0.5) is 4.79 Å². The molecule has 0 amide bonds. The molecule has 3 rings (SSSR count). The first-order valence-corrected chi connectivity index (χ1v) is 8.80. The molecule has 2 aromatic rings. The summed E-state index contributed by atoms with van der Waals surface area (Å²) in [7, 11) is 0. The van der Waals surface area contributed by atoms with Gasteiger partial charge in [-0.1, -0.05) is 55.3 Å². The zero-order valence-electron chi connectivity index (χ0n) is 13.9. The molecule has 0 spiro atoms. The van der Waals surface area contributed by atoms with Crippen molar-refractivity contribution in [3.63, 3.8) is 0 Å². The number of rotatable bonds is 6. The molecule has 0 saturated heterocycles. The van der Waals surface area contributed by atoms with E-state index in [0.29, 0.717) is 18.3 Å². The number of carbonyl (C=O) groups excluding carboxylic acids is 1. The summed E-state index contributed by atoms with van der Waals surface area (Å²) in [4.78, 5) is 11.7. The standard InChI is InChI=1S/C21H24O3/c22-21(24-19-13-2-1-3-14-19)23-16-8-12-18-11-6-7-15-20(18)17-9-4-5-10-17/h1-3,6-7,11,13-15,17H,4-5,8-10,12,16H2. The molecule has 24 heavy (non-hydrogen) atoms. The predicted octanol–water partition coefficient (Wildman–Crippen LogP) is 5.49. The Morgan fingerprint density at radius 3 is 2.46 bits per heavy atom. The predicted molar refractivity (Wildman–Crippen MR) is 94.4 cm³/mol. The van der Waals surface area contributed by atoms with Crippen molar-refractivity contribution in [3.8, 4) is 5.75 Å². The van der Waals surface area contributed by atoms with Crippen LogP contribution in [-0.2, 0) is 11.2 Å². The van der Waals surface area contributed by atoms with Crippen LogP contribution in [0.1, 0.15) is 49.1 Å². The minimum absolute atomic E-state index is 0.380. The summed E-state index contributed by atoms with van der Waals surface area (Å²) in [6, 6.07) is 17.7. The number of aryl methyl sites for hydroxylation is 1. The van der Waals surface area contributed by atoms with Crippen molar-refractivity contribution in [1.29, 1.82) is 0 Å². The Bertz CT molecular complexity index is 645. The fraction of sp³-hybridized carbons (Fsp3) is 0.381. The van der Waals surface area contributed by atoms with Gasteiger partial charge in [0.2, 0.25) is 0 Å². The van der Waals surface area contributed by atoms with E-state index in [0.717, 1.165) is 12.8 Å². The highest BCUT2D eigenvalue weighted by Gasteiger charge is 2.19. The van der Waals surface area contributed by atoms with Crippen molar-refractivity contribution in [3.05, 3.63) is 65.7 Å². The van der Waals surface area contributed by atoms with Gasteiger partial charge in [0.25, 0.3) is 0 Å². The van der Waals surface area contributed by atoms with Gasteiger partial charge < -0.3 is 9.47 Å². The van der Waals surface area contributed by atoms with Gasteiger partial charge in [-0.25, -0.2) is 4.79 Å². The lowest BCUT2D eigenvalue weighted by Gasteiger charge is -2.15. The maximum atomic E-state index is 11.7. The summed E-state index contributed by atoms with van der Waals surface area (Å²) >= 11 is 0. The number of hydrogen-bond acceptors (Lipinski definition) is 3. The Hall–Kier alpha value is -2.29. The normalized spacial score (nSPS) is 14.5. The van der Waals surface area contributed by atoms with E-state index in [1.807, 2.05) is 18.2 Å². The third-order valence-electron chi connectivity index (χ3n) is 4.60. The number of benzene rings is 2. The number of hydrogen-bond donors (Lipinski definition) is 0. The summed E-state index contributed by atoms with van der Waals surface area (Å²) in [5.74, 6) is 1.22. The van der Waals surface area contributed by atoms with Crippen LogP contribution in [0.15, 0.2) is 54.6 Å². The van der Waals surface area contributed by atoms with Gasteiger partial charge in [0.15, 0.2) is 0 Å². The first-order valence-electron chi connectivity index (χ1n) is 8.80. The van der Waals surface area contributed by atoms with Crippen LogP contribution in [0.5, 0.6) is 5.75 Å². The molecule has 0 radical (unpaired) electrons. The molecular formula is C21H24O3. The Balaban J connectivity index is 1.44. The summed E-state index contributed by atoms with van der Waals surface area (Å²) < 4.78 is 10.3. The van der Waals surface area contributed by atoms with E-state index < -0.39 is 6.16 Å². The lowest BCUT2D eigenvalue weighted by Crippen LogP contribution is -2.12. The molecule has 0 heterocycles. The summed E-state index contributed by atoms with van der Waals surface area (Å²) in [6.07, 6.45) is 6.40. The third kappa shape index (κ3) is 4.60. The average molecular weight is 324 g/mol. The fourth-order valence-electron chi connectivity index (χ4n) is 3.43. The molecule has 126 valence electrons. The highest BCUT2D eigenvalue weighted by molar-refractivity contribution is 5.63. The quantitative estimate of drug-likeness (QED) is 0.400. The zero-order chi connectivity index (χ0) is 16.6. The lowest BCUT2D eigenvalue weighted by atomic mass is 9.91. The number of para-hydroxylation sites is 1. The molecule has 0 bridgehead atoms. The summed E-state index contributed by atoms with van der Waals surface area (Å²) in [5.41, 5.74) is 2.88. The molecule has 3 nitrogen and oxygen atoms in total. The maximum absolute atomic E-state index is 11.7. The summed E-state index contributed by atoms with van der Waals surface area (Å²) in [5, 5.41) is 0. The van der Waals surface area contributed by atoms with Gasteiger partial charge in [0.1, 0.15) is 5.75 Å². The van der Waals surface area contributed by atoms with E-state index in [9.17, 15) is 4.79 Å². The van der Waals surface area contributed by atoms with Crippen LogP contribution in [0, 0.1) is 0 Å². The van der Waals surface area contributed by atoms with E-state index in [2.05, 4.69) is 24.3 Å². The molecule has 2 aromatic carbocycles. The van der Waals surface area contributed by atoms with Crippen molar-refractivity contribution in [2.24, 2.45) is 0 Å². The Morgan fingerprint density at radius 2 is 1.67 bits per heavy atom. The van der Waals surface area contributed by atoms with Gasteiger partial charge >= 0.3 is 6.16 Å². The minimum atomic E-state index is -0.634. The van der Waals surface area contributed by atoms with E-state index in [4.69, 9.17) is 9.47 Å². The second-order valence-corrected chi connectivity index (χ2v) is 6.30. The van der Waals surface area contributed by atoms with Gasteiger partial charge in [-0.3, -0.25) is 0 Å². The van der Waals surface area contributed by atoms with Crippen molar-refractivity contribution >= 4 is 6.16 Å². The van der Waals surface area contributed by atoms with Crippen molar-refractivity contribution in [2.75, 3.05) is 6.61 Å². The topological polar surface area (TPSA) is 35.5 Å². The SMILES string of the molecule is O=C(OCCCc1ccccc1C1CCCC1)Oc1ccccc1. The monoisotopic (exact) mass is 324 g/mol. The largest absolute Gasteiger partial charge is 0.513 e. The van der Waals surface area contributed by atoms with E-state index >= 15 is 0 Å². The minimum Gasteiger partial charge on any atom is -0.434 e. The molecule has 3 heteroatoms. The van der Waals surface area contributed by atoms with Crippen LogP contribution in [0.2, 0.25) is 0 Å². The van der Waals surface area contributed by atoms with Crippen LogP contribution in [0.3, 0.4) is 0 Å². The first-order chi connectivity index (χ1) is 11.8. The van der Waals surface area contributed by atoms with Gasteiger partial charge in [-0.15, -0.1) is 0 Å². The Morgan fingerprint density at radius 1 is 0.958 bits per heavy atom. The maximum Gasteiger partial charge on any atom is 0.513 e. The van der Waals surface area contributed by atoms with Crippen molar-refractivity contribution in [2.45, 2.75) is 44.4 Å². The molecule has 1 saturated carbocycles.